The van der Waals surface area contributed by atoms with Crippen LogP contribution in [-0.2, 0) is 6.42 Å². The summed E-state index contributed by atoms with van der Waals surface area (Å²) in [5, 5.41) is 3.47. The molecule has 0 aliphatic heterocycles. The van der Waals surface area contributed by atoms with E-state index >= 15 is 0 Å². The Kier molecular flexibility index (Phi) is 2.40. The minimum atomic E-state index is 0.220. The molecule has 2 rings (SSSR count). The Morgan fingerprint density at radius 3 is 2.86 bits per heavy atom. The quantitative estimate of drug-likeness (QED) is 0.832. The third-order valence-electron chi connectivity index (χ3n) is 2.91. The van der Waals surface area contributed by atoms with Gasteiger partial charge in [-0.2, -0.15) is 0 Å². The molecule has 0 amide bonds. The van der Waals surface area contributed by atoms with E-state index in [1.165, 1.54) is 17.1 Å². The van der Waals surface area contributed by atoms with Gasteiger partial charge in [-0.05, 0) is 18.8 Å². The van der Waals surface area contributed by atoms with Crippen molar-refractivity contribution in [2.45, 2.75) is 45.6 Å². The molecule has 2 nitrogen and oxygen atoms in total. The maximum atomic E-state index is 5.74. The van der Waals surface area contributed by atoms with E-state index in [0.717, 1.165) is 6.42 Å². The van der Waals surface area contributed by atoms with Crippen LogP contribution in [0.1, 0.15) is 43.8 Å². The minimum Gasteiger partial charge on any atom is -0.328 e. The first-order valence-corrected chi connectivity index (χ1v) is 6.07. The van der Waals surface area contributed by atoms with E-state index in [2.05, 4.69) is 24.2 Å². The van der Waals surface area contributed by atoms with Gasteiger partial charge in [-0.25, -0.2) is 4.98 Å². The zero-order chi connectivity index (χ0) is 10.3. The van der Waals surface area contributed by atoms with Crippen LogP contribution >= 0.6 is 11.3 Å². The summed E-state index contributed by atoms with van der Waals surface area (Å²) in [7, 11) is 0. The second-order valence-corrected chi connectivity index (χ2v) is 5.99. The highest BCUT2D eigenvalue weighted by atomic mass is 32.1. The standard InChI is InChI=1S/C11H18N2S/c1-7(12)4-8-6-14-10(13-8)9-5-11(9,2)3/h6-7,9H,4-5,12H2,1-3H3. The summed E-state index contributed by atoms with van der Waals surface area (Å²) in [5.74, 6) is 0.703. The van der Waals surface area contributed by atoms with Gasteiger partial charge in [0.2, 0.25) is 0 Å². The SMILES string of the molecule is CC(N)Cc1csc(C2CC2(C)C)n1. The number of aromatic nitrogens is 1. The monoisotopic (exact) mass is 210 g/mol. The Balaban J connectivity index is 2.04. The van der Waals surface area contributed by atoms with Gasteiger partial charge >= 0.3 is 0 Å². The fraction of sp³-hybridized carbons (Fsp3) is 0.727. The summed E-state index contributed by atoms with van der Waals surface area (Å²) in [6, 6.07) is 0.220. The summed E-state index contributed by atoms with van der Waals surface area (Å²) in [6.07, 6.45) is 2.20. The number of rotatable bonds is 3. The van der Waals surface area contributed by atoms with Crippen LogP contribution in [0.15, 0.2) is 5.38 Å². The molecular weight excluding hydrogens is 192 g/mol. The highest BCUT2D eigenvalue weighted by Gasteiger charge is 2.48. The van der Waals surface area contributed by atoms with Gasteiger partial charge in [0.25, 0.3) is 0 Å². The average Bonchev–Trinajstić information content (AvgIpc) is 2.52. The lowest BCUT2D eigenvalue weighted by molar-refractivity contribution is 0.619. The highest BCUT2D eigenvalue weighted by Crippen LogP contribution is 2.59. The molecule has 78 valence electrons. The maximum absolute atomic E-state index is 5.74. The van der Waals surface area contributed by atoms with Gasteiger partial charge in [0.15, 0.2) is 0 Å². The molecule has 2 atom stereocenters. The molecule has 1 aromatic rings. The van der Waals surface area contributed by atoms with E-state index in [1.54, 1.807) is 11.3 Å². The lowest BCUT2D eigenvalue weighted by Gasteiger charge is -2.00. The van der Waals surface area contributed by atoms with Gasteiger partial charge in [0, 0.05) is 23.8 Å². The molecule has 1 heterocycles. The first-order chi connectivity index (χ1) is 6.49. The van der Waals surface area contributed by atoms with Crippen molar-refractivity contribution < 1.29 is 0 Å². The largest absolute Gasteiger partial charge is 0.328 e. The molecule has 1 saturated carbocycles. The number of hydrogen-bond acceptors (Lipinski definition) is 3. The van der Waals surface area contributed by atoms with Crippen LogP contribution in [-0.4, -0.2) is 11.0 Å². The molecule has 0 spiro atoms. The van der Waals surface area contributed by atoms with E-state index in [4.69, 9.17) is 5.73 Å². The van der Waals surface area contributed by atoms with Crippen LogP contribution in [0.4, 0.5) is 0 Å². The van der Waals surface area contributed by atoms with Crippen LogP contribution in [0.25, 0.3) is 0 Å². The molecule has 2 unspecified atom stereocenters. The minimum absolute atomic E-state index is 0.220. The Hall–Kier alpha value is -0.410. The molecule has 0 saturated heterocycles. The maximum Gasteiger partial charge on any atom is 0.0964 e. The lowest BCUT2D eigenvalue weighted by Crippen LogP contribution is -2.17. The van der Waals surface area contributed by atoms with Gasteiger partial charge in [-0.15, -0.1) is 11.3 Å². The van der Waals surface area contributed by atoms with Gasteiger partial charge in [0.05, 0.1) is 10.7 Å². The molecule has 1 aromatic heterocycles. The van der Waals surface area contributed by atoms with E-state index in [9.17, 15) is 0 Å². The molecule has 0 aromatic carbocycles. The Morgan fingerprint density at radius 2 is 2.36 bits per heavy atom. The molecular formula is C11H18N2S. The fourth-order valence-corrected chi connectivity index (χ4v) is 2.94. The third-order valence-corrected chi connectivity index (χ3v) is 3.92. The predicted molar refractivity (Wildman–Crippen MR) is 60.6 cm³/mol. The Labute approximate surface area is 89.5 Å². The Bertz CT molecular complexity index is 328. The summed E-state index contributed by atoms with van der Waals surface area (Å²) < 4.78 is 0. The normalized spacial score (nSPS) is 26.1. The molecule has 0 bridgehead atoms. The van der Waals surface area contributed by atoms with Gasteiger partial charge in [0.1, 0.15) is 0 Å². The van der Waals surface area contributed by atoms with Gasteiger partial charge in [-0.1, -0.05) is 13.8 Å². The number of nitrogens with two attached hydrogens (primary N) is 1. The summed E-state index contributed by atoms with van der Waals surface area (Å²) in [4.78, 5) is 4.65. The Morgan fingerprint density at radius 1 is 1.71 bits per heavy atom. The summed E-state index contributed by atoms with van der Waals surface area (Å²) in [6.45, 7) is 6.65. The van der Waals surface area contributed by atoms with Crippen molar-refractivity contribution in [1.82, 2.24) is 4.98 Å². The van der Waals surface area contributed by atoms with Crippen molar-refractivity contribution >= 4 is 11.3 Å². The van der Waals surface area contributed by atoms with Crippen molar-refractivity contribution in [3.05, 3.63) is 16.1 Å². The fourth-order valence-electron chi connectivity index (χ4n) is 1.80. The second kappa shape index (κ2) is 3.31. The van der Waals surface area contributed by atoms with Crippen LogP contribution in [0, 0.1) is 5.41 Å². The first-order valence-electron chi connectivity index (χ1n) is 5.19. The number of hydrogen-bond donors (Lipinski definition) is 1. The molecule has 3 heteroatoms. The number of thiazole rings is 1. The van der Waals surface area contributed by atoms with Crippen molar-refractivity contribution in [3.63, 3.8) is 0 Å². The van der Waals surface area contributed by atoms with E-state index in [1.807, 2.05) is 6.92 Å². The van der Waals surface area contributed by atoms with Crippen molar-refractivity contribution in [3.8, 4) is 0 Å². The average molecular weight is 210 g/mol. The molecule has 1 aliphatic carbocycles. The van der Waals surface area contributed by atoms with Crippen molar-refractivity contribution in [2.24, 2.45) is 11.1 Å². The van der Waals surface area contributed by atoms with Crippen molar-refractivity contribution in [2.75, 3.05) is 0 Å². The molecule has 14 heavy (non-hydrogen) atoms. The number of nitrogens with zero attached hydrogens (tertiary/aromatic N) is 1. The lowest BCUT2D eigenvalue weighted by atomic mass is 10.1. The van der Waals surface area contributed by atoms with Gasteiger partial charge < -0.3 is 5.73 Å². The zero-order valence-corrected chi connectivity index (χ0v) is 9.90. The highest BCUT2D eigenvalue weighted by molar-refractivity contribution is 7.09. The van der Waals surface area contributed by atoms with Gasteiger partial charge in [-0.3, -0.25) is 0 Å². The smallest absolute Gasteiger partial charge is 0.0964 e. The van der Waals surface area contributed by atoms with E-state index in [-0.39, 0.29) is 6.04 Å². The molecule has 1 fully saturated rings. The van der Waals surface area contributed by atoms with Crippen LogP contribution in [0.3, 0.4) is 0 Å². The third kappa shape index (κ3) is 1.98. The first kappa shape index (κ1) is 10.1. The zero-order valence-electron chi connectivity index (χ0n) is 9.08. The van der Waals surface area contributed by atoms with Crippen LogP contribution in [0.5, 0.6) is 0 Å². The second-order valence-electron chi connectivity index (χ2n) is 5.10. The molecule has 2 N–H and O–H groups in total. The molecule has 0 radical (unpaired) electrons. The topological polar surface area (TPSA) is 38.9 Å². The van der Waals surface area contributed by atoms with Crippen LogP contribution in [0.2, 0.25) is 0 Å². The predicted octanol–water partition coefficient (Wildman–Crippen LogP) is 2.55. The van der Waals surface area contributed by atoms with Crippen LogP contribution < -0.4 is 5.73 Å². The van der Waals surface area contributed by atoms with E-state index < -0.39 is 0 Å². The summed E-state index contributed by atoms with van der Waals surface area (Å²) in [5.41, 5.74) is 7.40. The van der Waals surface area contributed by atoms with Crippen molar-refractivity contribution in [1.29, 1.82) is 0 Å². The molecule has 1 aliphatic rings. The van der Waals surface area contributed by atoms with E-state index in [0.29, 0.717) is 11.3 Å². The summed E-state index contributed by atoms with van der Waals surface area (Å²) >= 11 is 1.80.